The molecule has 0 aliphatic heterocycles. The maximum atomic E-state index is 9.82. The highest BCUT2D eigenvalue weighted by molar-refractivity contribution is 6.34. The Bertz CT molecular complexity index is 345. The van der Waals surface area contributed by atoms with Crippen molar-refractivity contribution >= 4 is 29.2 Å². The predicted molar refractivity (Wildman–Crippen MR) is 54.1 cm³/mol. The monoisotopic (exact) mass is 233 g/mol. The number of hydrogen-bond acceptors (Lipinski definition) is 4. The number of halogens is 2. The van der Waals surface area contributed by atoms with Gasteiger partial charge in [-0.05, 0) is 18.8 Å². The third-order valence-electron chi connectivity index (χ3n) is 2.23. The lowest BCUT2D eigenvalue weighted by Crippen LogP contribution is -2.06. The van der Waals surface area contributed by atoms with E-state index in [0.29, 0.717) is 5.56 Å². The molecule has 0 aromatic carbocycles. The zero-order valence-corrected chi connectivity index (χ0v) is 8.76. The molecular formula is C8H9Cl2N3O. The zero-order valence-electron chi connectivity index (χ0n) is 7.24. The topological polar surface area (TPSA) is 72.0 Å². The molecule has 76 valence electrons. The van der Waals surface area contributed by atoms with Crippen LogP contribution in [0, 0.1) is 5.92 Å². The van der Waals surface area contributed by atoms with Gasteiger partial charge in [0.1, 0.15) is 10.3 Å². The average molecular weight is 234 g/mol. The second kappa shape index (κ2) is 3.53. The summed E-state index contributed by atoms with van der Waals surface area (Å²) in [5, 5.41) is 10.1. The molecule has 3 N–H and O–H groups in total. The van der Waals surface area contributed by atoms with E-state index in [4.69, 9.17) is 28.9 Å². The maximum Gasteiger partial charge on any atom is 0.222 e. The summed E-state index contributed by atoms with van der Waals surface area (Å²) in [7, 11) is 0. The Morgan fingerprint density at radius 2 is 1.79 bits per heavy atom. The fourth-order valence-corrected chi connectivity index (χ4v) is 1.95. The molecule has 1 atom stereocenters. The van der Waals surface area contributed by atoms with Gasteiger partial charge >= 0.3 is 0 Å². The summed E-state index contributed by atoms with van der Waals surface area (Å²) in [5.74, 6) is 0.254. The number of aliphatic hydroxyl groups excluding tert-OH is 1. The van der Waals surface area contributed by atoms with Crippen LogP contribution in [0.3, 0.4) is 0 Å². The fourth-order valence-electron chi connectivity index (χ4n) is 1.32. The molecule has 1 aliphatic carbocycles. The minimum Gasteiger partial charge on any atom is -0.388 e. The van der Waals surface area contributed by atoms with Crippen LogP contribution >= 0.6 is 23.2 Å². The molecular weight excluding hydrogens is 225 g/mol. The van der Waals surface area contributed by atoms with Crippen molar-refractivity contribution in [3.63, 3.8) is 0 Å². The average Bonchev–Trinajstić information content (AvgIpc) is 2.83. The lowest BCUT2D eigenvalue weighted by molar-refractivity contribution is 0.153. The Morgan fingerprint density at radius 3 is 2.21 bits per heavy atom. The van der Waals surface area contributed by atoms with Crippen LogP contribution in [0.15, 0.2) is 0 Å². The maximum absolute atomic E-state index is 9.82. The number of anilines is 1. The molecule has 0 saturated heterocycles. The highest BCUT2D eigenvalue weighted by Crippen LogP contribution is 2.44. The number of nitrogens with zero attached hydrogens (tertiary/aromatic N) is 2. The summed E-state index contributed by atoms with van der Waals surface area (Å²) in [6.07, 6.45) is 1.30. The van der Waals surface area contributed by atoms with Gasteiger partial charge in [-0.15, -0.1) is 0 Å². The molecule has 4 nitrogen and oxygen atoms in total. The van der Waals surface area contributed by atoms with Crippen LogP contribution in [0.5, 0.6) is 0 Å². The Labute approximate surface area is 91.1 Å². The minimum atomic E-state index is -0.671. The second-order valence-electron chi connectivity index (χ2n) is 3.36. The first kappa shape index (κ1) is 9.96. The van der Waals surface area contributed by atoms with E-state index in [2.05, 4.69) is 9.97 Å². The summed E-state index contributed by atoms with van der Waals surface area (Å²) in [4.78, 5) is 7.51. The van der Waals surface area contributed by atoms with Crippen LogP contribution in [0.1, 0.15) is 24.5 Å². The molecule has 14 heavy (non-hydrogen) atoms. The summed E-state index contributed by atoms with van der Waals surface area (Å²) in [6.45, 7) is 0. The first-order valence-corrected chi connectivity index (χ1v) is 5.01. The normalized spacial score (nSPS) is 18.2. The SMILES string of the molecule is Nc1nc(Cl)c(C(O)C2CC2)c(Cl)n1. The van der Waals surface area contributed by atoms with E-state index in [1.54, 1.807) is 0 Å². The Kier molecular flexibility index (Phi) is 2.51. The highest BCUT2D eigenvalue weighted by atomic mass is 35.5. The molecule has 1 aromatic rings. The van der Waals surface area contributed by atoms with Gasteiger partial charge in [-0.25, -0.2) is 9.97 Å². The Balaban J connectivity index is 2.40. The second-order valence-corrected chi connectivity index (χ2v) is 4.08. The van der Waals surface area contributed by atoms with E-state index in [1.165, 1.54) is 0 Å². The summed E-state index contributed by atoms with van der Waals surface area (Å²) < 4.78 is 0. The van der Waals surface area contributed by atoms with Crippen molar-refractivity contribution < 1.29 is 5.11 Å². The Morgan fingerprint density at radius 1 is 1.29 bits per heavy atom. The number of rotatable bonds is 2. The number of nitrogen functional groups attached to an aromatic ring is 1. The predicted octanol–water partition coefficient (Wildman–Crippen LogP) is 1.81. The fraction of sp³-hybridized carbons (Fsp3) is 0.500. The van der Waals surface area contributed by atoms with Gasteiger partial charge in [-0.3, -0.25) is 0 Å². The van der Waals surface area contributed by atoms with Crippen LogP contribution in [0.25, 0.3) is 0 Å². The standard InChI is InChI=1S/C8H9Cl2N3O/c9-6-4(5(14)3-1-2-3)7(10)13-8(11)12-6/h3,5,14H,1-2H2,(H2,11,12,13). The first-order chi connectivity index (χ1) is 6.59. The van der Waals surface area contributed by atoms with Gasteiger partial charge in [0.05, 0.1) is 11.7 Å². The van der Waals surface area contributed by atoms with Crippen LogP contribution < -0.4 is 5.73 Å². The van der Waals surface area contributed by atoms with Gasteiger partial charge in [-0.1, -0.05) is 23.2 Å². The largest absolute Gasteiger partial charge is 0.388 e. The molecule has 2 rings (SSSR count). The van der Waals surface area contributed by atoms with Crippen molar-refractivity contribution in [1.29, 1.82) is 0 Å². The van der Waals surface area contributed by atoms with Crippen molar-refractivity contribution in [3.05, 3.63) is 15.9 Å². The molecule has 0 radical (unpaired) electrons. The van der Waals surface area contributed by atoms with Crippen molar-refractivity contribution in [2.45, 2.75) is 18.9 Å². The molecule has 1 aromatic heterocycles. The van der Waals surface area contributed by atoms with E-state index in [-0.39, 0.29) is 22.2 Å². The third-order valence-corrected chi connectivity index (χ3v) is 2.81. The van der Waals surface area contributed by atoms with E-state index in [9.17, 15) is 5.11 Å². The lowest BCUT2D eigenvalue weighted by Gasteiger charge is -2.12. The van der Waals surface area contributed by atoms with Crippen molar-refractivity contribution in [1.82, 2.24) is 9.97 Å². The van der Waals surface area contributed by atoms with Crippen LogP contribution in [-0.2, 0) is 0 Å². The molecule has 0 spiro atoms. The summed E-state index contributed by atoms with van der Waals surface area (Å²) in [5.41, 5.74) is 5.74. The molecule has 1 fully saturated rings. The van der Waals surface area contributed by atoms with Gasteiger partial charge in [0, 0.05) is 0 Å². The van der Waals surface area contributed by atoms with Crippen molar-refractivity contribution in [3.8, 4) is 0 Å². The lowest BCUT2D eigenvalue weighted by atomic mass is 10.1. The summed E-state index contributed by atoms with van der Waals surface area (Å²) in [6, 6.07) is 0. The number of hydrogen-bond donors (Lipinski definition) is 2. The quantitative estimate of drug-likeness (QED) is 0.765. The zero-order chi connectivity index (χ0) is 10.3. The minimum absolute atomic E-state index is 0.0201. The van der Waals surface area contributed by atoms with Gasteiger partial charge in [0.25, 0.3) is 0 Å². The van der Waals surface area contributed by atoms with Crippen molar-refractivity contribution in [2.75, 3.05) is 5.73 Å². The molecule has 1 saturated carbocycles. The van der Waals surface area contributed by atoms with Crippen LogP contribution in [-0.4, -0.2) is 15.1 Å². The van der Waals surface area contributed by atoms with E-state index in [1.807, 2.05) is 0 Å². The number of nitrogens with two attached hydrogens (primary N) is 1. The number of aliphatic hydroxyl groups is 1. The molecule has 0 amide bonds. The molecule has 1 unspecified atom stereocenters. The highest BCUT2D eigenvalue weighted by Gasteiger charge is 2.34. The van der Waals surface area contributed by atoms with Gasteiger partial charge in [-0.2, -0.15) is 0 Å². The van der Waals surface area contributed by atoms with E-state index < -0.39 is 6.10 Å². The van der Waals surface area contributed by atoms with Crippen LogP contribution in [0.4, 0.5) is 5.95 Å². The molecule has 1 heterocycles. The summed E-state index contributed by atoms with van der Waals surface area (Å²) >= 11 is 11.7. The van der Waals surface area contributed by atoms with Gasteiger partial charge in [0.2, 0.25) is 5.95 Å². The van der Waals surface area contributed by atoms with Crippen molar-refractivity contribution in [2.24, 2.45) is 5.92 Å². The molecule has 1 aliphatic rings. The molecule has 0 bridgehead atoms. The van der Waals surface area contributed by atoms with Gasteiger partial charge in [0.15, 0.2) is 0 Å². The van der Waals surface area contributed by atoms with Gasteiger partial charge < -0.3 is 10.8 Å². The first-order valence-electron chi connectivity index (χ1n) is 4.26. The van der Waals surface area contributed by atoms with E-state index in [0.717, 1.165) is 12.8 Å². The third kappa shape index (κ3) is 1.78. The smallest absolute Gasteiger partial charge is 0.222 e. The Hall–Kier alpha value is -0.580. The van der Waals surface area contributed by atoms with Crippen LogP contribution in [0.2, 0.25) is 10.3 Å². The number of aromatic nitrogens is 2. The van der Waals surface area contributed by atoms with E-state index >= 15 is 0 Å². The molecule has 6 heteroatoms.